The molecule has 1 saturated carbocycles. The number of rotatable bonds is 5. The van der Waals surface area contributed by atoms with Crippen molar-refractivity contribution < 1.29 is 29.2 Å². The molecule has 0 spiro atoms. The first-order valence-corrected chi connectivity index (χ1v) is 11.2. The average molecular weight is 508 g/mol. The van der Waals surface area contributed by atoms with Gasteiger partial charge in [0.05, 0.1) is 11.3 Å². The summed E-state index contributed by atoms with van der Waals surface area (Å²) in [6, 6.07) is 4.71. The summed E-state index contributed by atoms with van der Waals surface area (Å²) < 4.78 is 27.7. The average Bonchev–Trinajstić information content (AvgIpc) is 3.36. The third-order valence-corrected chi connectivity index (χ3v) is 5.69. The monoisotopic (exact) mass is 507 g/mol. The molecule has 36 heavy (non-hydrogen) atoms. The number of aromatic nitrogens is 7. The van der Waals surface area contributed by atoms with Crippen molar-refractivity contribution in [2.75, 3.05) is 11.1 Å². The Labute approximate surface area is 203 Å². The molecule has 1 fully saturated rings. The number of fused-ring (bicyclic) bond motifs is 2. The lowest BCUT2D eigenvalue weighted by Crippen LogP contribution is -2.37. The van der Waals surface area contributed by atoms with Crippen LogP contribution < -0.4 is 11.1 Å². The fraction of sp³-hybridized carbons (Fsp3) is 0.476. The first-order valence-electron chi connectivity index (χ1n) is 11.2. The lowest BCUT2D eigenvalue weighted by molar-refractivity contribution is -0.289. The zero-order valence-electron chi connectivity index (χ0n) is 19.4. The smallest absolute Gasteiger partial charge is 0.368 e. The molecule has 13 nitrogen and oxygen atoms in total. The second-order valence-electron chi connectivity index (χ2n) is 8.86. The summed E-state index contributed by atoms with van der Waals surface area (Å²) >= 11 is 0. The maximum absolute atomic E-state index is 12.7. The van der Waals surface area contributed by atoms with Gasteiger partial charge in [-0.05, 0) is 38.0 Å². The van der Waals surface area contributed by atoms with Gasteiger partial charge in [-0.2, -0.15) is 4.98 Å². The number of halogens is 2. The van der Waals surface area contributed by atoms with Crippen LogP contribution >= 0.6 is 0 Å². The first kappa shape index (κ1) is 25.6. The third-order valence-electron chi connectivity index (χ3n) is 5.69. The van der Waals surface area contributed by atoms with E-state index in [1.165, 1.54) is 30.0 Å². The van der Waals surface area contributed by atoms with Crippen molar-refractivity contribution >= 4 is 28.4 Å². The van der Waals surface area contributed by atoms with Crippen LogP contribution in [-0.4, -0.2) is 73.1 Å². The van der Waals surface area contributed by atoms with Crippen molar-refractivity contribution in [1.82, 2.24) is 34.6 Å². The zero-order chi connectivity index (χ0) is 26.1. The van der Waals surface area contributed by atoms with E-state index in [1.807, 2.05) is 12.2 Å². The van der Waals surface area contributed by atoms with Crippen LogP contribution in [0.3, 0.4) is 0 Å². The van der Waals surface area contributed by atoms with Crippen molar-refractivity contribution in [3.05, 3.63) is 24.4 Å². The zero-order valence-corrected chi connectivity index (χ0v) is 19.4. The minimum absolute atomic E-state index is 0.142. The van der Waals surface area contributed by atoms with Gasteiger partial charge in [-0.25, -0.2) is 23.0 Å². The highest BCUT2D eigenvalue weighted by Gasteiger charge is 2.24. The molecule has 0 saturated heterocycles. The van der Waals surface area contributed by atoms with E-state index >= 15 is 0 Å². The van der Waals surface area contributed by atoms with Crippen molar-refractivity contribution in [3.63, 3.8) is 0 Å². The standard InChI is InChI=1S/C14H13F2N9O3.C7H14O/c15-9(16)5-25-12-8(21-23-25)2-1-7(18-12)6-3-4-24-10(6)11(19-13(17)22-24)20-14(26,27)28;1-7(8)5-3-2-4-6-7/h1-4,9,26-28H,5H2,(H3,17,19,20,22);8H,2-6H2,1H3. The summed E-state index contributed by atoms with van der Waals surface area (Å²) in [6.45, 7) is 1.27. The molecule has 0 unspecified atom stereocenters. The number of nitrogen functional groups attached to an aromatic ring is 1. The lowest BCUT2D eigenvalue weighted by Gasteiger charge is -2.27. The van der Waals surface area contributed by atoms with Crippen molar-refractivity contribution in [1.29, 1.82) is 0 Å². The van der Waals surface area contributed by atoms with E-state index < -0.39 is 19.1 Å². The van der Waals surface area contributed by atoms with E-state index in [1.54, 1.807) is 18.2 Å². The molecule has 1 aliphatic carbocycles. The Morgan fingerprint density at radius 2 is 1.86 bits per heavy atom. The molecule has 0 amide bonds. The van der Waals surface area contributed by atoms with Crippen LogP contribution in [0.15, 0.2) is 24.4 Å². The molecule has 0 bridgehead atoms. The largest absolute Gasteiger partial charge is 0.390 e. The van der Waals surface area contributed by atoms with Gasteiger partial charge in [-0.1, -0.05) is 24.5 Å². The molecule has 1 aliphatic rings. The number of hydrogen-bond donors (Lipinski definition) is 6. The number of pyridine rings is 1. The summed E-state index contributed by atoms with van der Waals surface area (Å²) in [7, 11) is 0. The van der Waals surface area contributed by atoms with Gasteiger partial charge in [0.2, 0.25) is 5.95 Å². The highest BCUT2D eigenvalue weighted by atomic mass is 19.3. The van der Waals surface area contributed by atoms with E-state index in [0.717, 1.165) is 17.5 Å². The van der Waals surface area contributed by atoms with E-state index in [2.05, 4.69) is 25.4 Å². The van der Waals surface area contributed by atoms with Crippen molar-refractivity contribution in [2.24, 2.45) is 0 Å². The number of nitrogens with two attached hydrogens (primary N) is 1. The van der Waals surface area contributed by atoms with Gasteiger partial charge in [0.25, 0.3) is 6.43 Å². The molecular formula is C21H27F2N9O4. The van der Waals surface area contributed by atoms with Gasteiger partial charge in [0.15, 0.2) is 11.5 Å². The molecule has 0 aliphatic heterocycles. The highest BCUT2D eigenvalue weighted by molar-refractivity contribution is 5.89. The van der Waals surface area contributed by atoms with E-state index in [9.17, 15) is 29.2 Å². The summed E-state index contributed by atoms with van der Waals surface area (Å²) in [5.41, 5.74) is 6.66. The number of nitrogens with zero attached hydrogens (tertiary/aromatic N) is 7. The molecule has 4 aromatic heterocycles. The number of anilines is 2. The predicted octanol–water partition coefficient (Wildman–Crippen LogP) is 1.08. The van der Waals surface area contributed by atoms with Gasteiger partial charge in [0, 0.05) is 11.8 Å². The maximum Gasteiger partial charge on any atom is 0.368 e. The van der Waals surface area contributed by atoms with Crippen LogP contribution in [0.5, 0.6) is 0 Å². The maximum atomic E-state index is 12.7. The summed E-state index contributed by atoms with van der Waals surface area (Å²) in [5.74, 6) is -0.398. The molecule has 7 N–H and O–H groups in total. The Morgan fingerprint density at radius 1 is 1.14 bits per heavy atom. The molecule has 194 valence electrons. The lowest BCUT2D eigenvalue weighted by atomic mass is 9.87. The van der Waals surface area contributed by atoms with Gasteiger partial charge in [-0.15, -0.1) is 10.2 Å². The summed E-state index contributed by atoms with van der Waals surface area (Å²) in [5, 5.41) is 50.5. The van der Waals surface area contributed by atoms with Gasteiger partial charge in [-0.3, -0.25) is 5.32 Å². The molecule has 5 rings (SSSR count). The quantitative estimate of drug-likeness (QED) is 0.212. The second kappa shape index (κ2) is 9.85. The topological polar surface area (TPSA) is 193 Å². The fourth-order valence-corrected chi connectivity index (χ4v) is 4.07. The van der Waals surface area contributed by atoms with Gasteiger partial charge >= 0.3 is 6.10 Å². The second-order valence-corrected chi connectivity index (χ2v) is 8.86. The Morgan fingerprint density at radius 3 is 2.47 bits per heavy atom. The third kappa shape index (κ3) is 5.99. The van der Waals surface area contributed by atoms with E-state index in [-0.39, 0.29) is 28.5 Å². The summed E-state index contributed by atoms with van der Waals surface area (Å²) in [4.78, 5) is 8.18. The molecule has 0 aromatic carbocycles. The Balaban J connectivity index is 0.000000325. The molecule has 0 radical (unpaired) electrons. The van der Waals surface area contributed by atoms with Crippen LogP contribution in [0.4, 0.5) is 20.5 Å². The summed E-state index contributed by atoms with van der Waals surface area (Å²) in [6.07, 6.45) is 1.36. The molecule has 15 heteroatoms. The van der Waals surface area contributed by atoms with E-state index in [4.69, 9.17) is 5.73 Å². The minimum Gasteiger partial charge on any atom is -0.390 e. The number of hydrogen-bond acceptors (Lipinski definition) is 11. The number of aliphatic hydroxyl groups is 4. The number of nitrogens with one attached hydrogen (secondary N) is 1. The first-order chi connectivity index (χ1) is 16.9. The van der Waals surface area contributed by atoms with Crippen LogP contribution in [-0.2, 0) is 6.54 Å². The van der Waals surface area contributed by atoms with Gasteiger partial charge in [0.1, 0.15) is 17.6 Å². The molecule has 4 heterocycles. The van der Waals surface area contributed by atoms with E-state index in [0.29, 0.717) is 16.8 Å². The van der Waals surface area contributed by atoms with Crippen LogP contribution in [0.2, 0.25) is 0 Å². The fourth-order valence-electron chi connectivity index (χ4n) is 4.07. The normalized spacial score (nSPS) is 15.8. The Bertz CT molecular complexity index is 1340. The molecule has 0 atom stereocenters. The van der Waals surface area contributed by atoms with Crippen LogP contribution in [0.25, 0.3) is 27.9 Å². The van der Waals surface area contributed by atoms with Crippen molar-refractivity contribution in [2.45, 2.75) is 63.7 Å². The SMILES string of the molecule is CC1(O)CCCCC1.Nc1nc(NC(O)(O)O)c2c(-c3ccc4nnn(CC(F)F)c4n3)ccn2n1. The van der Waals surface area contributed by atoms with Crippen LogP contribution in [0, 0.1) is 0 Å². The van der Waals surface area contributed by atoms with Crippen LogP contribution in [0.1, 0.15) is 39.0 Å². The van der Waals surface area contributed by atoms with Crippen molar-refractivity contribution in [3.8, 4) is 11.3 Å². The minimum atomic E-state index is -3.26. The molecule has 4 aromatic rings. The highest BCUT2D eigenvalue weighted by Crippen LogP contribution is 2.30. The van der Waals surface area contributed by atoms with Gasteiger partial charge < -0.3 is 26.2 Å². The predicted molar refractivity (Wildman–Crippen MR) is 124 cm³/mol. The molecular weight excluding hydrogens is 480 g/mol. The number of alkyl halides is 2. The Kier molecular flexibility index (Phi) is 6.99. The Hall–Kier alpha value is -3.53.